The fourth-order valence-electron chi connectivity index (χ4n) is 5.58. The van der Waals surface area contributed by atoms with E-state index >= 15 is 0 Å². The molecule has 0 fully saturated rings. The van der Waals surface area contributed by atoms with E-state index in [-0.39, 0.29) is 25.5 Å². The minimum atomic E-state index is -4.34. The van der Waals surface area contributed by atoms with Gasteiger partial charge < -0.3 is 19.8 Å². The SMILES string of the molecule is CCCCCCCCCCCC=CCC=CCC(=O)N[C@@H](COP(=O)(O)OCC[N+](C)(C)C)[C@H](O)CC=CCCCCCCCCCCCC. The molecule has 8 nitrogen and oxygen atoms in total. The summed E-state index contributed by atoms with van der Waals surface area (Å²) in [7, 11) is 1.54. The normalized spacial score (nSPS) is 14.9. The Bertz CT molecular complexity index is 917. The number of aliphatic hydroxyl groups excluding tert-OH is 1. The first-order valence-electron chi connectivity index (χ1n) is 20.4. The zero-order valence-corrected chi connectivity index (χ0v) is 34.0. The Labute approximate surface area is 308 Å². The molecule has 0 rings (SSSR count). The van der Waals surface area contributed by atoms with Crippen molar-refractivity contribution in [1.29, 1.82) is 0 Å². The number of hydrogen-bond donors (Lipinski definition) is 3. The number of rotatable bonds is 36. The molecule has 0 saturated heterocycles. The lowest BCUT2D eigenvalue weighted by atomic mass is 10.1. The van der Waals surface area contributed by atoms with Crippen molar-refractivity contribution in [3.8, 4) is 0 Å². The maximum Gasteiger partial charge on any atom is 0.472 e. The summed E-state index contributed by atoms with van der Waals surface area (Å²) in [6.45, 7) is 4.76. The van der Waals surface area contributed by atoms with E-state index in [1.54, 1.807) is 0 Å². The Hall–Kier alpha value is -1.28. The number of likely N-dealkylation sites (N-methyl/N-ethyl adjacent to an activating group) is 1. The Morgan fingerprint density at radius 1 is 0.680 bits per heavy atom. The summed E-state index contributed by atoms with van der Waals surface area (Å²) in [6, 6.07) is -0.850. The standard InChI is InChI=1S/C41H79N2O6P/c1-6-8-10-12-14-16-18-20-21-23-25-27-29-31-33-35-41(45)42-39(38-49-50(46,47)48-37-36-43(3,4)5)40(44)34-32-30-28-26-24-22-19-17-15-13-11-9-7-2/h25,27,30-33,39-40,44H,6-24,26,28-29,34-38H2,1-5H3,(H-,42,45,46,47)/p+1/t39-,40+/m0/s1. The van der Waals surface area contributed by atoms with Crippen molar-refractivity contribution in [1.82, 2.24) is 5.32 Å². The molecule has 0 aromatic heterocycles. The molecule has 3 atom stereocenters. The quantitative estimate of drug-likeness (QED) is 0.0257. The van der Waals surface area contributed by atoms with Gasteiger partial charge in [-0.25, -0.2) is 4.57 Å². The molecule has 0 aromatic rings. The smallest absolute Gasteiger partial charge is 0.391 e. The highest BCUT2D eigenvalue weighted by molar-refractivity contribution is 7.47. The average molecular weight is 728 g/mol. The predicted octanol–water partition coefficient (Wildman–Crippen LogP) is 10.7. The zero-order valence-electron chi connectivity index (χ0n) is 33.1. The third kappa shape index (κ3) is 35.1. The van der Waals surface area contributed by atoms with Gasteiger partial charge in [0.05, 0.1) is 39.9 Å². The van der Waals surface area contributed by atoms with Gasteiger partial charge in [0.2, 0.25) is 5.91 Å². The first kappa shape index (κ1) is 48.7. The second-order valence-electron chi connectivity index (χ2n) is 15.0. The minimum absolute atomic E-state index is 0.0526. The summed E-state index contributed by atoms with van der Waals surface area (Å²) in [6.07, 6.45) is 39.3. The third-order valence-electron chi connectivity index (χ3n) is 8.90. The topological polar surface area (TPSA) is 105 Å². The van der Waals surface area contributed by atoms with Gasteiger partial charge in [-0.3, -0.25) is 13.8 Å². The van der Waals surface area contributed by atoms with Crippen LogP contribution in [0.1, 0.15) is 168 Å². The van der Waals surface area contributed by atoms with Crippen LogP contribution in [0.5, 0.6) is 0 Å². The van der Waals surface area contributed by atoms with Gasteiger partial charge in [-0.15, -0.1) is 0 Å². The Balaban J connectivity index is 4.60. The summed E-state index contributed by atoms with van der Waals surface area (Å²) >= 11 is 0. The Morgan fingerprint density at radius 2 is 1.14 bits per heavy atom. The van der Waals surface area contributed by atoms with E-state index in [0.29, 0.717) is 17.4 Å². The highest BCUT2D eigenvalue weighted by Crippen LogP contribution is 2.43. The number of phosphoric acid groups is 1. The Morgan fingerprint density at radius 3 is 1.64 bits per heavy atom. The number of allylic oxidation sites excluding steroid dienone is 4. The number of phosphoric ester groups is 1. The van der Waals surface area contributed by atoms with Crippen LogP contribution in [0, 0.1) is 0 Å². The monoisotopic (exact) mass is 728 g/mol. The molecule has 0 aromatic carbocycles. The van der Waals surface area contributed by atoms with Crippen LogP contribution in [-0.4, -0.2) is 73.4 Å². The molecule has 0 aliphatic carbocycles. The summed E-state index contributed by atoms with van der Waals surface area (Å²) in [5, 5.41) is 13.7. The number of aliphatic hydroxyl groups is 1. The maximum absolute atomic E-state index is 12.8. The fourth-order valence-corrected chi connectivity index (χ4v) is 6.31. The zero-order chi connectivity index (χ0) is 37.2. The number of carbonyl (C=O) groups is 1. The van der Waals surface area contributed by atoms with Crippen molar-refractivity contribution >= 4 is 13.7 Å². The predicted molar refractivity (Wildman–Crippen MR) is 212 cm³/mol. The first-order chi connectivity index (χ1) is 24.0. The molecular weight excluding hydrogens is 647 g/mol. The Kier molecular flexibility index (Phi) is 32.7. The third-order valence-corrected chi connectivity index (χ3v) is 9.88. The maximum atomic E-state index is 12.8. The molecule has 0 bridgehead atoms. The molecule has 9 heteroatoms. The molecule has 0 saturated carbocycles. The molecular formula is C41H80N2O6P+. The van der Waals surface area contributed by atoms with Gasteiger partial charge >= 0.3 is 7.82 Å². The van der Waals surface area contributed by atoms with Crippen LogP contribution in [0.3, 0.4) is 0 Å². The molecule has 3 N–H and O–H groups in total. The highest BCUT2D eigenvalue weighted by atomic mass is 31.2. The van der Waals surface area contributed by atoms with E-state index < -0.39 is 20.0 Å². The fraction of sp³-hybridized carbons (Fsp3) is 0.829. The van der Waals surface area contributed by atoms with Crippen molar-refractivity contribution in [3.05, 3.63) is 36.5 Å². The van der Waals surface area contributed by atoms with E-state index in [0.717, 1.165) is 25.7 Å². The first-order valence-corrected chi connectivity index (χ1v) is 21.8. The number of nitrogens with one attached hydrogen (secondary N) is 1. The number of amides is 1. The number of unbranched alkanes of at least 4 members (excludes halogenated alkanes) is 19. The molecule has 50 heavy (non-hydrogen) atoms. The van der Waals surface area contributed by atoms with Crippen molar-refractivity contribution < 1.29 is 32.9 Å². The minimum Gasteiger partial charge on any atom is -0.391 e. The van der Waals surface area contributed by atoms with Crippen molar-refractivity contribution in [2.45, 2.75) is 180 Å². The van der Waals surface area contributed by atoms with E-state index in [4.69, 9.17) is 9.05 Å². The second-order valence-corrected chi connectivity index (χ2v) is 16.5. The van der Waals surface area contributed by atoms with E-state index in [9.17, 15) is 19.4 Å². The van der Waals surface area contributed by atoms with Crippen LogP contribution >= 0.6 is 7.82 Å². The molecule has 294 valence electrons. The van der Waals surface area contributed by atoms with Crippen molar-refractivity contribution in [2.24, 2.45) is 0 Å². The number of hydrogen-bond acceptors (Lipinski definition) is 5. The lowest BCUT2D eigenvalue weighted by Crippen LogP contribution is -2.46. The lowest BCUT2D eigenvalue weighted by molar-refractivity contribution is -0.870. The van der Waals surface area contributed by atoms with E-state index in [1.807, 2.05) is 39.4 Å². The largest absolute Gasteiger partial charge is 0.472 e. The molecule has 0 aliphatic rings. The summed E-state index contributed by atoms with van der Waals surface area (Å²) in [5.74, 6) is -0.277. The summed E-state index contributed by atoms with van der Waals surface area (Å²) in [4.78, 5) is 23.0. The molecule has 1 amide bonds. The van der Waals surface area contributed by atoms with Crippen LogP contribution in [0.4, 0.5) is 0 Å². The van der Waals surface area contributed by atoms with Gasteiger partial charge in [0.15, 0.2) is 0 Å². The van der Waals surface area contributed by atoms with E-state index in [2.05, 4.69) is 37.4 Å². The second kappa shape index (κ2) is 33.5. The van der Waals surface area contributed by atoms with Gasteiger partial charge in [-0.2, -0.15) is 0 Å². The molecule has 1 unspecified atom stereocenters. The van der Waals surface area contributed by atoms with Gasteiger partial charge in [0.25, 0.3) is 0 Å². The van der Waals surface area contributed by atoms with Crippen LogP contribution < -0.4 is 5.32 Å². The molecule has 0 heterocycles. The van der Waals surface area contributed by atoms with Crippen LogP contribution in [0.15, 0.2) is 36.5 Å². The molecule has 0 radical (unpaired) electrons. The van der Waals surface area contributed by atoms with Crippen LogP contribution in [-0.2, 0) is 18.4 Å². The van der Waals surface area contributed by atoms with Crippen molar-refractivity contribution in [2.75, 3.05) is 40.9 Å². The molecule has 0 aliphatic heterocycles. The van der Waals surface area contributed by atoms with Gasteiger partial charge in [0, 0.05) is 6.42 Å². The van der Waals surface area contributed by atoms with Crippen molar-refractivity contribution in [3.63, 3.8) is 0 Å². The average Bonchev–Trinajstić information content (AvgIpc) is 3.06. The molecule has 0 spiro atoms. The summed E-state index contributed by atoms with van der Waals surface area (Å²) < 4.78 is 23.4. The van der Waals surface area contributed by atoms with Gasteiger partial charge in [0.1, 0.15) is 13.2 Å². The van der Waals surface area contributed by atoms with E-state index in [1.165, 1.54) is 116 Å². The number of quaternary nitrogens is 1. The lowest BCUT2D eigenvalue weighted by Gasteiger charge is -2.26. The van der Waals surface area contributed by atoms with Gasteiger partial charge in [-0.1, -0.05) is 159 Å². The summed E-state index contributed by atoms with van der Waals surface area (Å²) in [5.41, 5.74) is 0. The number of carbonyl (C=O) groups excluding carboxylic acids is 1. The van der Waals surface area contributed by atoms with Crippen LogP contribution in [0.25, 0.3) is 0 Å². The van der Waals surface area contributed by atoms with Gasteiger partial charge in [-0.05, 0) is 38.5 Å². The number of nitrogens with zero attached hydrogens (tertiary/aromatic N) is 1. The highest BCUT2D eigenvalue weighted by Gasteiger charge is 2.28. The van der Waals surface area contributed by atoms with Crippen LogP contribution in [0.2, 0.25) is 0 Å².